The van der Waals surface area contributed by atoms with Gasteiger partial charge in [0.2, 0.25) is 0 Å². The number of carbonyl (C=O) groups excluding carboxylic acids is 1. The van der Waals surface area contributed by atoms with Crippen molar-refractivity contribution in [2.45, 2.75) is 44.8 Å². The molecule has 4 heteroatoms. The van der Waals surface area contributed by atoms with Crippen LogP contribution in [0.2, 0.25) is 0 Å². The first-order valence-corrected chi connectivity index (χ1v) is 5.51. The zero-order valence-corrected chi connectivity index (χ0v) is 9.58. The van der Waals surface area contributed by atoms with Gasteiger partial charge in [-0.05, 0) is 19.8 Å². The molecule has 0 aromatic carbocycles. The van der Waals surface area contributed by atoms with E-state index in [4.69, 9.17) is 9.47 Å². The normalized spacial score (nSPS) is 19.1. The van der Waals surface area contributed by atoms with Crippen LogP contribution in [0.1, 0.15) is 39.0 Å². The first-order valence-electron chi connectivity index (χ1n) is 5.51. The molecule has 1 heterocycles. The largest absolute Gasteiger partial charge is 0.469 e. The van der Waals surface area contributed by atoms with Gasteiger partial charge in [-0.25, -0.2) is 0 Å². The van der Waals surface area contributed by atoms with Crippen molar-refractivity contribution >= 4 is 5.97 Å². The molecule has 4 nitrogen and oxygen atoms in total. The van der Waals surface area contributed by atoms with Crippen LogP contribution in [0.25, 0.3) is 0 Å². The third kappa shape index (κ3) is 4.62. The quantitative estimate of drug-likeness (QED) is 0.502. The van der Waals surface area contributed by atoms with Gasteiger partial charge in [0.15, 0.2) is 5.79 Å². The van der Waals surface area contributed by atoms with Crippen LogP contribution in [-0.2, 0) is 19.0 Å². The topological polar surface area (TPSA) is 44.8 Å². The summed E-state index contributed by atoms with van der Waals surface area (Å²) >= 11 is 0. The van der Waals surface area contributed by atoms with Gasteiger partial charge in [-0.15, -0.1) is 0 Å². The third-order valence-electron chi connectivity index (χ3n) is 2.64. The Hall–Kier alpha value is -0.610. The highest BCUT2D eigenvalue weighted by Gasteiger charge is 2.29. The maximum atomic E-state index is 10.8. The van der Waals surface area contributed by atoms with Crippen molar-refractivity contribution in [3.63, 3.8) is 0 Å². The van der Waals surface area contributed by atoms with Crippen molar-refractivity contribution < 1.29 is 19.0 Å². The molecule has 0 bridgehead atoms. The standard InChI is InChI=1S/C11H20O4/c1-11(14-8-9-15-11)7-5-3-4-6-10(12)13-2/h3-9H2,1-2H3. The molecule has 1 rings (SSSR count). The second-order valence-electron chi connectivity index (χ2n) is 3.97. The summed E-state index contributed by atoms with van der Waals surface area (Å²) in [4.78, 5) is 10.8. The second-order valence-corrected chi connectivity index (χ2v) is 3.97. The van der Waals surface area contributed by atoms with E-state index in [0.29, 0.717) is 19.6 Å². The Labute approximate surface area is 90.9 Å². The van der Waals surface area contributed by atoms with Crippen LogP contribution in [0.5, 0.6) is 0 Å². The minimum atomic E-state index is -0.384. The summed E-state index contributed by atoms with van der Waals surface area (Å²) in [7, 11) is 1.42. The number of ether oxygens (including phenoxy) is 3. The Morgan fingerprint density at radius 1 is 1.27 bits per heavy atom. The Bertz CT molecular complexity index is 197. The highest BCUT2D eigenvalue weighted by molar-refractivity contribution is 5.68. The average Bonchev–Trinajstić information content (AvgIpc) is 2.64. The fourth-order valence-corrected chi connectivity index (χ4v) is 1.70. The number of esters is 1. The Morgan fingerprint density at radius 3 is 2.53 bits per heavy atom. The van der Waals surface area contributed by atoms with E-state index in [1.54, 1.807) is 0 Å². The summed E-state index contributed by atoms with van der Waals surface area (Å²) in [6.45, 7) is 3.36. The lowest BCUT2D eigenvalue weighted by molar-refractivity contribution is -0.147. The fourth-order valence-electron chi connectivity index (χ4n) is 1.70. The molecular formula is C11H20O4. The monoisotopic (exact) mass is 216 g/mol. The molecule has 0 spiro atoms. The molecular weight excluding hydrogens is 196 g/mol. The van der Waals surface area contributed by atoms with Gasteiger partial charge in [-0.1, -0.05) is 6.42 Å². The minimum absolute atomic E-state index is 0.130. The molecule has 15 heavy (non-hydrogen) atoms. The van der Waals surface area contributed by atoms with Gasteiger partial charge in [0.1, 0.15) is 0 Å². The van der Waals surface area contributed by atoms with Crippen molar-refractivity contribution in [3.8, 4) is 0 Å². The zero-order chi connectivity index (χ0) is 11.1. The van der Waals surface area contributed by atoms with Gasteiger partial charge >= 0.3 is 5.97 Å². The Balaban J connectivity index is 1.99. The minimum Gasteiger partial charge on any atom is -0.469 e. The highest BCUT2D eigenvalue weighted by Crippen LogP contribution is 2.25. The van der Waals surface area contributed by atoms with Crippen LogP contribution in [0, 0.1) is 0 Å². The van der Waals surface area contributed by atoms with Crippen LogP contribution in [0.3, 0.4) is 0 Å². The molecule has 0 N–H and O–H groups in total. The number of hydrogen-bond donors (Lipinski definition) is 0. The van der Waals surface area contributed by atoms with Gasteiger partial charge in [0, 0.05) is 12.8 Å². The summed E-state index contributed by atoms with van der Waals surface area (Å²) in [6.07, 6.45) is 4.32. The van der Waals surface area contributed by atoms with Crippen molar-refractivity contribution in [3.05, 3.63) is 0 Å². The SMILES string of the molecule is COC(=O)CCCCCC1(C)OCCO1. The van der Waals surface area contributed by atoms with Gasteiger partial charge in [0.25, 0.3) is 0 Å². The van der Waals surface area contributed by atoms with E-state index < -0.39 is 0 Å². The number of unbranched alkanes of at least 4 members (excludes halogenated alkanes) is 2. The number of rotatable bonds is 6. The molecule has 1 fully saturated rings. The van der Waals surface area contributed by atoms with Gasteiger partial charge < -0.3 is 14.2 Å². The van der Waals surface area contributed by atoms with Crippen LogP contribution in [0.4, 0.5) is 0 Å². The third-order valence-corrected chi connectivity index (χ3v) is 2.64. The summed E-state index contributed by atoms with van der Waals surface area (Å²) in [6, 6.07) is 0. The van der Waals surface area contributed by atoms with Crippen LogP contribution < -0.4 is 0 Å². The van der Waals surface area contributed by atoms with Crippen LogP contribution >= 0.6 is 0 Å². The lowest BCUT2D eigenvalue weighted by atomic mass is 10.1. The summed E-state index contributed by atoms with van der Waals surface area (Å²) in [5.74, 6) is -0.514. The van der Waals surface area contributed by atoms with Crippen molar-refractivity contribution in [1.82, 2.24) is 0 Å². The van der Waals surface area contributed by atoms with E-state index in [1.807, 2.05) is 6.92 Å². The highest BCUT2D eigenvalue weighted by atomic mass is 16.7. The van der Waals surface area contributed by atoms with E-state index in [9.17, 15) is 4.79 Å². The summed E-state index contributed by atoms with van der Waals surface area (Å²) in [5.41, 5.74) is 0. The van der Waals surface area contributed by atoms with Crippen molar-refractivity contribution in [1.29, 1.82) is 0 Å². The molecule has 0 amide bonds. The molecule has 0 saturated carbocycles. The van der Waals surface area contributed by atoms with Crippen LogP contribution in [0.15, 0.2) is 0 Å². The van der Waals surface area contributed by atoms with E-state index in [-0.39, 0.29) is 11.8 Å². The molecule has 0 unspecified atom stereocenters. The molecule has 0 aliphatic carbocycles. The van der Waals surface area contributed by atoms with E-state index in [1.165, 1.54) is 7.11 Å². The number of hydrogen-bond acceptors (Lipinski definition) is 4. The molecule has 1 aliphatic rings. The maximum absolute atomic E-state index is 10.8. The molecule has 0 aromatic heterocycles. The van der Waals surface area contributed by atoms with Crippen molar-refractivity contribution in [2.24, 2.45) is 0 Å². The number of carbonyl (C=O) groups is 1. The lowest BCUT2D eigenvalue weighted by Crippen LogP contribution is -2.25. The van der Waals surface area contributed by atoms with E-state index >= 15 is 0 Å². The molecule has 1 aliphatic heterocycles. The molecule has 1 saturated heterocycles. The summed E-state index contributed by atoms with van der Waals surface area (Å²) < 4.78 is 15.5. The molecule has 88 valence electrons. The Kier molecular flexibility index (Phi) is 5.05. The lowest BCUT2D eigenvalue weighted by Gasteiger charge is -2.21. The predicted octanol–water partition coefficient (Wildman–Crippen LogP) is 1.87. The second kappa shape index (κ2) is 6.08. The van der Waals surface area contributed by atoms with Crippen LogP contribution in [-0.4, -0.2) is 32.1 Å². The molecule has 0 atom stereocenters. The fraction of sp³-hybridized carbons (Fsp3) is 0.909. The van der Waals surface area contributed by atoms with E-state index in [2.05, 4.69) is 4.74 Å². The first-order chi connectivity index (χ1) is 7.16. The summed E-state index contributed by atoms with van der Waals surface area (Å²) in [5, 5.41) is 0. The van der Waals surface area contributed by atoms with Crippen molar-refractivity contribution in [2.75, 3.05) is 20.3 Å². The smallest absolute Gasteiger partial charge is 0.305 e. The average molecular weight is 216 g/mol. The number of methoxy groups -OCH3 is 1. The maximum Gasteiger partial charge on any atom is 0.305 e. The Morgan fingerprint density at radius 2 is 1.93 bits per heavy atom. The van der Waals surface area contributed by atoms with Gasteiger partial charge in [-0.2, -0.15) is 0 Å². The zero-order valence-electron chi connectivity index (χ0n) is 9.58. The van der Waals surface area contributed by atoms with Gasteiger partial charge in [-0.3, -0.25) is 4.79 Å². The van der Waals surface area contributed by atoms with Gasteiger partial charge in [0.05, 0.1) is 20.3 Å². The molecule has 0 radical (unpaired) electrons. The predicted molar refractivity (Wildman–Crippen MR) is 55.4 cm³/mol. The molecule has 0 aromatic rings. The van der Waals surface area contributed by atoms with E-state index in [0.717, 1.165) is 25.7 Å². The first kappa shape index (κ1) is 12.5.